The van der Waals surface area contributed by atoms with Gasteiger partial charge in [0.1, 0.15) is 24.0 Å². The molecule has 0 fully saturated rings. The zero-order chi connectivity index (χ0) is 27.4. The van der Waals surface area contributed by atoms with Crippen molar-refractivity contribution in [2.45, 2.75) is 12.3 Å². The molecule has 39 heavy (non-hydrogen) atoms. The van der Waals surface area contributed by atoms with Crippen molar-refractivity contribution in [1.29, 1.82) is 0 Å². The predicted octanol–water partition coefficient (Wildman–Crippen LogP) is 5.44. The second-order valence-corrected chi connectivity index (χ2v) is 8.32. The van der Waals surface area contributed by atoms with Gasteiger partial charge in [-0.1, -0.05) is 23.4 Å². The van der Waals surface area contributed by atoms with Gasteiger partial charge in [-0.3, -0.25) is 9.78 Å². The lowest BCUT2D eigenvalue weighted by atomic mass is 9.99. The average Bonchev–Trinajstić information content (AvgIpc) is 3.61. The van der Waals surface area contributed by atoms with Crippen molar-refractivity contribution in [1.82, 2.24) is 20.4 Å². The maximum atomic E-state index is 12.7. The first kappa shape index (κ1) is 25.9. The number of nitrogens with one attached hydrogen (secondary N) is 1. The highest BCUT2D eigenvalue weighted by Gasteiger charge is 2.38. The van der Waals surface area contributed by atoms with Gasteiger partial charge in [0.05, 0.1) is 6.54 Å². The molecule has 0 saturated heterocycles. The zero-order valence-corrected chi connectivity index (χ0v) is 20.4. The number of amides is 1. The van der Waals surface area contributed by atoms with E-state index in [4.69, 9.17) is 13.9 Å². The number of aromatic nitrogens is 3. The summed E-state index contributed by atoms with van der Waals surface area (Å²) in [5.41, 5.74) is 2.59. The molecule has 0 spiro atoms. The summed E-state index contributed by atoms with van der Waals surface area (Å²) in [4.78, 5) is 20.2. The molecule has 3 heterocycles. The number of pyridine rings is 1. The van der Waals surface area contributed by atoms with Crippen LogP contribution < -0.4 is 10.1 Å². The van der Waals surface area contributed by atoms with Gasteiger partial charge in [0, 0.05) is 36.0 Å². The van der Waals surface area contributed by atoms with E-state index in [0.717, 1.165) is 16.5 Å². The van der Waals surface area contributed by atoms with E-state index in [2.05, 4.69) is 25.0 Å². The van der Waals surface area contributed by atoms with E-state index in [1.165, 1.54) is 12.1 Å². The molecule has 5 rings (SSSR count). The second-order valence-electron chi connectivity index (χ2n) is 8.32. The van der Waals surface area contributed by atoms with E-state index >= 15 is 0 Å². The Morgan fingerprint density at radius 2 is 1.92 bits per heavy atom. The molecule has 0 saturated carbocycles. The number of hydrogen-bond acceptors (Lipinski definition) is 8. The minimum absolute atomic E-state index is 0.140. The number of benzene rings is 2. The van der Waals surface area contributed by atoms with Crippen LogP contribution in [-0.4, -0.2) is 41.3 Å². The van der Waals surface area contributed by atoms with Crippen LogP contribution in [0.2, 0.25) is 0 Å². The first-order chi connectivity index (χ1) is 18.8. The third kappa shape index (κ3) is 5.75. The lowest BCUT2D eigenvalue weighted by Crippen LogP contribution is -2.27. The number of nitrogens with zero attached hydrogens (tertiary/aromatic N) is 3. The highest BCUT2D eigenvalue weighted by molar-refractivity contribution is 5.97. The number of ether oxygens (including phenoxy) is 2. The summed E-state index contributed by atoms with van der Waals surface area (Å²) in [5.74, 6) is -1.43. The molecule has 9 nitrogen and oxygen atoms in total. The number of carbonyl (C=O) groups excluding carboxylic acids is 1. The van der Waals surface area contributed by atoms with E-state index in [0.29, 0.717) is 16.9 Å². The lowest BCUT2D eigenvalue weighted by molar-refractivity contribution is -0.159. The molecule has 1 N–H and O–H groups in total. The van der Waals surface area contributed by atoms with Crippen molar-refractivity contribution < 1.29 is 36.4 Å². The fraction of sp³-hybridized carbons (Fsp3) is 0.185. The number of hydrogen-bond donors (Lipinski definition) is 1. The van der Waals surface area contributed by atoms with Crippen molar-refractivity contribution >= 4 is 16.9 Å². The van der Waals surface area contributed by atoms with Crippen LogP contribution in [0.4, 0.5) is 13.2 Å². The van der Waals surface area contributed by atoms with Crippen LogP contribution >= 0.6 is 0 Å². The molecule has 200 valence electrons. The Balaban J connectivity index is 1.18. The second kappa shape index (κ2) is 11.0. The van der Waals surface area contributed by atoms with Gasteiger partial charge in [-0.25, -0.2) is 0 Å². The molecule has 0 radical (unpaired) electrons. The molecule has 5 aromatic rings. The van der Waals surface area contributed by atoms with Crippen molar-refractivity contribution in [3.8, 4) is 17.1 Å². The fourth-order valence-corrected chi connectivity index (χ4v) is 3.97. The van der Waals surface area contributed by atoms with Gasteiger partial charge in [0.15, 0.2) is 5.76 Å². The van der Waals surface area contributed by atoms with Crippen LogP contribution in [0.1, 0.15) is 33.7 Å². The van der Waals surface area contributed by atoms with Crippen molar-refractivity contribution in [3.05, 3.63) is 95.8 Å². The van der Waals surface area contributed by atoms with Crippen LogP contribution in [0.25, 0.3) is 22.4 Å². The first-order valence-electron chi connectivity index (χ1n) is 11.7. The zero-order valence-electron chi connectivity index (χ0n) is 20.4. The Kier molecular flexibility index (Phi) is 7.28. The molecule has 2 aromatic carbocycles. The highest BCUT2D eigenvalue weighted by Crippen LogP contribution is 2.33. The molecule has 12 heteroatoms. The Morgan fingerprint density at radius 3 is 2.62 bits per heavy atom. The summed E-state index contributed by atoms with van der Waals surface area (Å²) >= 11 is 0. The van der Waals surface area contributed by atoms with Gasteiger partial charge in [-0.15, -0.1) is 0 Å². The van der Waals surface area contributed by atoms with Gasteiger partial charge in [-0.05, 0) is 48.0 Å². The molecule has 1 unspecified atom stereocenters. The Hall–Kier alpha value is -4.71. The first-order valence-corrected chi connectivity index (χ1v) is 11.7. The summed E-state index contributed by atoms with van der Waals surface area (Å²) in [7, 11) is 1.60. The van der Waals surface area contributed by atoms with E-state index in [1.54, 1.807) is 43.8 Å². The number of rotatable bonds is 9. The lowest BCUT2D eigenvalue weighted by Gasteiger charge is -2.16. The van der Waals surface area contributed by atoms with Crippen LogP contribution in [0.5, 0.6) is 5.75 Å². The molecule has 0 bridgehead atoms. The van der Waals surface area contributed by atoms with Crippen LogP contribution in [0.15, 0.2) is 82.0 Å². The maximum Gasteiger partial charge on any atom is 0.471 e. The Labute approximate surface area is 219 Å². The predicted molar refractivity (Wildman–Crippen MR) is 132 cm³/mol. The molecular weight excluding hydrogens is 517 g/mol. The van der Waals surface area contributed by atoms with Gasteiger partial charge in [0.2, 0.25) is 5.82 Å². The summed E-state index contributed by atoms with van der Waals surface area (Å²) < 4.78 is 59.3. The quantitative estimate of drug-likeness (QED) is 0.247. The van der Waals surface area contributed by atoms with Gasteiger partial charge in [0.25, 0.3) is 5.91 Å². The third-order valence-corrected chi connectivity index (χ3v) is 5.76. The molecule has 0 aliphatic heterocycles. The van der Waals surface area contributed by atoms with E-state index in [1.807, 2.05) is 24.3 Å². The third-order valence-electron chi connectivity index (χ3n) is 5.76. The molecular formula is C27H21F3N4O5. The van der Waals surface area contributed by atoms with Gasteiger partial charge >= 0.3 is 12.1 Å². The van der Waals surface area contributed by atoms with E-state index < -0.39 is 18.0 Å². The van der Waals surface area contributed by atoms with Crippen molar-refractivity contribution in [2.24, 2.45) is 0 Å². The Morgan fingerprint density at radius 1 is 1.10 bits per heavy atom. The fourth-order valence-electron chi connectivity index (χ4n) is 3.97. The SMILES string of the molecule is COC(c1cccnc1)c1cccc2oc(C(=O)NCCOc3ccc(-c4noc(C(F)(F)F)n4)cc3)cc12. The normalized spacial score (nSPS) is 12.4. The Bertz CT molecular complexity index is 1570. The summed E-state index contributed by atoms with van der Waals surface area (Å²) in [5, 5.41) is 6.83. The largest absolute Gasteiger partial charge is 0.492 e. The van der Waals surface area contributed by atoms with Crippen LogP contribution in [0, 0.1) is 0 Å². The smallest absolute Gasteiger partial charge is 0.471 e. The van der Waals surface area contributed by atoms with Gasteiger partial charge < -0.3 is 23.7 Å². The monoisotopic (exact) mass is 538 g/mol. The number of fused-ring (bicyclic) bond motifs is 1. The molecule has 1 atom stereocenters. The summed E-state index contributed by atoms with van der Waals surface area (Å²) in [6.07, 6.45) is -1.69. The molecule has 3 aromatic heterocycles. The number of carbonyl (C=O) groups is 1. The number of alkyl halides is 3. The number of furan rings is 1. The van der Waals surface area contributed by atoms with Crippen molar-refractivity contribution in [3.63, 3.8) is 0 Å². The van der Waals surface area contributed by atoms with Crippen molar-refractivity contribution in [2.75, 3.05) is 20.3 Å². The van der Waals surface area contributed by atoms with E-state index in [9.17, 15) is 18.0 Å². The standard InChI is InChI=1S/C27H21F3N4O5/c1-36-23(17-4-3-11-31-15-17)19-5-2-6-21-20(19)14-22(38-21)25(35)32-12-13-37-18-9-7-16(8-10-18)24-33-26(39-34-24)27(28,29)30/h2-11,14-15,23H,12-13H2,1H3,(H,32,35). The van der Waals surface area contributed by atoms with Gasteiger partial charge in [-0.2, -0.15) is 18.2 Å². The highest BCUT2D eigenvalue weighted by atomic mass is 19.4. The van der Waals surface area contributed by atoms with Crippen LogP contribution in [0.3, 0.4) is 0 Å². The molecule has 0 aliphatic carbocycles. The molecule has 0 aliphatic rings. The summed E-state index contributed by atoms with van der Waals surface area (Å²) in [6.45, 7) is 0.324. The molecule has 1 amide bonds. The minimum Gasteiger partial charge on any atom is -0.492 e. The maximum absolute atomic E-state index is 12.7. The van der Waals surface area contributed by atoms with Crippen LogP contribution in [-0.2, 0) is 10.9 Å². The number of halogens is 3. The summed E-state index contributed by atoms with van der Waals surface area (Å²) in [6, 6.07) is 17.0. The average molecular weight is 538 g/mol. The minimum atomic E-state index is -4.71. The number of methoxy groups -OCH3 is 1. The topological polar surface area (TPSA) is 113 Å². The van der Waals surface area contributed by atoms with E-state index in [-0.39, 0.29) is 30.8 Å².